The van der Waals surface area contributed by atoms with Crippen LogP contribution in [0, 0.1) is 0 Å². The third kappa shape index (κ3) is 6.36. The number of aliphatic hydroxyl groups excluding tert-OH is 1. The molecule has 5 atom stereocenters. The number of hydrogen-bond acceptors (Lipinski definition) is 11. The van der Waals surface area contributed by atoms with Gasteiger partial charge in [0.2, 0.25) is 11.7 Å². The summed E-state index contributed by atoms with van der Waals surface area (Å²) in [5, 5.41) is 16.0. The Morgan fingerprint density at radius 1 is 1.39 bits per heavy atom. The highest BCUT2D eigenvalue weighted by Gasteiger charge is 2.42. The highest BCUT2D eigenvalue weighted by Crippen LogP contribution is 2.32. The summed E-state index contributed by atoms with van der Waals surface area (Å²) in [5.74, 6) is -2.88. The van der Waals surface area contributed by atoms with Crippen LogP contribution >= 0.6 is 8.18 Å². The first kappa shape index (κ1) is 26.9. The van der Waals surface area contributed by atoms with Crippen molar-refractivity contribution in [1.29, 1.82) is 0 Å². The van der Waals surface area contributed by atoms with Gasteiger partial charge in [-0.1, -0.05) is 0 Å². The van der Waals surface area contributed by atoms with Crippen molar-refractivity contribution in [1.82, 2.24) is 24.6 Å². The molecule has 0 aromatic carbocycles. The monoisotopic (exact) mass is 491 g/mol. The Balaban J connectivity index is 2.12. The summed E-state index contributed by atoms with van der Waals surface area (Å²) in [6.45, 7) is 5.51. The number of ether oxygens (including phenoxy) is 2. The molecule has 0 spiro atoms. The number of fused-ring (bicyclic) bond motifs is 1. The molecule has 0 saturated carbocycles. The lowest BCUT2D eigenvalue weighted by Gasteiger charge is -2.32. The van der Waals surface area contributed by atoms with Gasteiger partial charge in [-0.15, -0.1) is 0 Å². The van der Waals surface area contributed by atoms with E-state index in [9.17, 15) is 14.5 Å². The van der Waals surface area contributed by atoms with Crippen LogP contribution in [-0.2, 0) is 29.1 Å². The molecule has 2 unspecified atom stereocenters. The van der Waals surface area contributed by atoms with Crippen LogP contribution in [0.1, 0.15) is 27.7 Å². The molecule has 2 aromatic heterocycles. The number of carbonyl (C=O) groups excluding carboxylic acids is 1. The van der Waals surface area contributed by atoms with E-state index >= 15 is 4.39 Å². The molecule has 0 bridgehead atoms. The number of nitrogens with zero attached hydrogens (tertiary/aromatic N) is 4. The molecule has 2 rings (SSSR count). The lowest BCUT2D eigenvalue weighted by atomic mass is 10.0. The second-order valence-electron chi connectivity index (χ2n) is 7.66. The number of hydrogen-bond donors (Lipinski definition) is 4. The van der Waals surface area contributed by atoms with E-state index in [1.54, 1.807) is 20.9 Å². The number of rotatable bonds is 12. The van der Waals surface area contributed by atoms with Gasteiger partial charge in [0.05, 0.1) is 19.0 Å². The van der Waals surface area contributed by atoms with Crippen LogP contribution in [0.2, 0.25) is 0 Å². The summed E-state index contributed by atoms with van der Waals surface area (Å²) in [5.41, 5.74) is 6.01. The number of nitrogens with two attached hydrogens (primary N) is 1. The molecule has 186 valence electrons. The van der Waals surface area contributed by atoms with Crippen LogP contribution < -0.4 is 16.1 Å². The molecule has 5 N–H and O–H groups in total. The second kappa shape index (κ2) is 11.2. The number of nitrogens with one attached hydrogen (secondary N) is 2. The van der Waals surface area contributed by atoms with Crippen molar-refractivity contribution in [2.45, 2.75) is 57.8 Å². The van der Waals surface area contributed by atoms with Crippen molar-refractivity contribution >= 4 is 37.1 Å². The average Bonchev–Trinajstić information content (AvgIpc) is 3.17. The zero-order chi connectivity index (χ0) is 24.9. The number of halogens is 1. The number of imidazole rings is 1. The number of carbonyl (C=O) groups is 1. The normalized spacial score (nSPS) is 17.4. The largest absolute Gasteiger partial charge is 0.462 e. The van der Waals surface area contributed by atoms with Gasteiger partial charge in [-0.25, -0.2) is 14.5 Å². The van der Waals surface area contributed by atoms with Gasteiger partial charge in [-0.3, -0.25) is 13.9 Å². The van der Waals surface area contributed by atoms with E-state index in [-0.39, 0.29) is 23.2 Å². The molecular formula is C18H31FN7O6P. The van der Waals surface area contributed by atoms with Crippen LogP contribution in [0.25, 0.3) is 11.2 Å². The molecule has 13 nitrogen and oxygen atoms in total. The summed E-state index contributed by atoms with van der Waals surface area (Å²) in [6.07, 6.45) is -2.19. The topological polar surface area (TPSA) is 176 Å². The summed E-state index contributed by atoms with van der Waals surface area (Å²) in [7, 11) is -0.0917. The van der Waals surface area contributed by atoms with E-state index in [1.165, 1.54) is 14.0 Å². The first-order valence-electron chi connectivity index (χ1n) is 10.1. The summed E-state index contributed by atoms with van der Waals surface area (Å²) in [4.78, 5) is 23.9. The summed E-state index contributed by atoms with van der Waals surface area (Å²) >= 11 is 0. The average molecular weight is 491 g/mol. The third-order valence-electron chi connectivity index (χ3n) is 4.73. The lowest BCUT2D eigenvalue weighted by molar-refractivity contribution is -0.149. The maximum atomic E-state index is 15.8. The fraction of sp³-hybridized carbons (Fsp3) is 0.667. The first-order chi connectivity index (χ1) is 15.4. The van der Waals surface area contributed by atoms with Crippen LogP contribution in [0.5, 0.6) is 0 Å². The summed E-state index contributed by atoms with van der Waals surface area (Å²) in [6, 6.07) is -0.889. The predicted molar refractivity (Wildman–Crippen MR) is 120 cm³/mol. The quantitative estimate of drug-likeness (QED) is 0.243. The van der Waals surface area contributed by atoms with E-state index in [0.29, 0.717) is 5.82 Å². The molecule has 0 fully saturated rings. The van der Waals surface area contributed by atoms with E-state index in [4.69, 9.17) is 19.7 Å². The zero-order valence-electron chi connectivity index (χ0n) is 19.3. The molecule has 33 heavy (non-hydrogen) atoms. The Labute approximate surface area is 191 Å². The molecule has 15 heteroatoms. The molecule has 0 aliphatic carbocycles. The van der Waals surface area contributed by atoms with Crippen molar-refractivity contribution < 1.29 is 32.9 Å². The fourth-order valence-electron chi connectivity index (χ4n) is 2.95. The second-order valence-corrected chi connectivity index (χ2v) is 8.81. The van der Waals surface area contributed by atoms with Gasteiger partial charge in [-0.05, 0) is 27.7 Å². The smallest absolute Gasteiger partial charge is 0.323 e. The zero-order valence-corrected chi connectivity index (χ0v) is 20.3. The number of esters is 1. The molecule has 2 aromatic rings. The number of methoxy groups -OCH3 is 1. The maximum absolute atomic E-state index is 15.8. The Kier molecular flexibility index (Phi) is 9.09. The van der Waals surface area contributed by atoms with E-state index in [1.807, 2.05) is 0 Å². The van der Waals surface area contributed by atoms with E-state index in [2.05, 4.69) is 25.4 Å². The Morgan fingerprint density at radius 2 is 2.06 bits per heavy atom. The van der Waals surface area contributed by atoms with Gasteiger partial charge in [0.25, 0.3) is 8.18 Å². The van der Waals surface area contributed by atoms with Crippen molar-refractivity contribution in [3.05, 3.63) is 6.33 Å². The predicted octanol–water partition coefficient (Wildman–Crippen LogP) is 0.804. The fourth-order valence-corrected chi connectivity index (χ4v) is 3.82. The SMILES string of the molecule is CNc1nc(N)nc2c1ncn2[C@](C)(F)[C@H](O)C(CO[PH](=O)N[C@@H](C)C(=O)OC(C)C)OC. The van der Waals surface area contributed by atoms with Gasteiger partial charge in [-0.2, -0.15) is 9.97 Å². The van der Waals surface area contributed by atoms with Crippen LogP contribution in [-0.4, -0.2) is 75.7 Å². The summed E-state index contributed by atoms with van der Waals surface area (Å²) < 4.78 is 44.4. The molecule has 0 aliphatic heterocycles. The van der Waals surface area contributed by atoms with E-state index in [0.717, 1.165) is 17.8 Å². The molecule has 0 saturated heterocycles. The molecule has 0 amide bonds. The molecule has 0 radical (unpaired) electrons. The lowest BCUT2D eigenvalue weighted by Crippen LogP contribution is -2.48. The number of aliphatic hydroxyl groups is 1. The molecule has 2 heterocycles. The minimum absolute atomic E-state index is 0.0550. The van der Waals surface area contributed by atoms with Gasteiger partial charge < -0.3 is 30.2 Å². The van der Waals surface area contributed by atoms with Gasteiger partial charge >= 0.3 is 5.97 Å². The van der Waals surface area contributed by atoms with Crippen LogP contribution in [0.3, 0.4) is 0 Å². The van der Waals surface area contributed by atoms with Crippen LogP contribution in [0.4, 0.5) is 16.2 Å². The number of nitrogen functional groups attached to an aromatic ring is 1. The molecular weight excluding hydrogens is 460 g/mol. The number of alkyl halides is 1. The third-order valence-corrected chi connectivity index (χ3v) is 5.83. The van der Waals surface area contributed by atoms with E-state index < -0.39 is 44.8 Å². The standard InChI is InChI=1S/C18H31FN7O6P/c1-9(2)32-16(28)10(3)25-33(29)31-7-11(30-6)13(27)18(4,19)26-8-22-12-14(21-5)23-17(20)24-15(12)26/h8-11,13,27,33H,7H2,1-6H3,(H,25,29)(H3,20,21,23,24)/t10-,11?,13+,18-/m0/s1. The van der Waals surface area contributed by atoms with Crippen molar-refractivity contribution in [2.75, 3.05) is 31.8 Å². The van der Waals surface area contributed by atoms with Crippen molar-refractivity contribution in [2.24, 2.45) is 0 Å². The van der Waals surface area contributed by atoms with Gasteiger partial charge in [0.15, 0.2) is 17.0 Å². The van der Waals surface area contributed by atoms with Gasteiger partial charge in [0.1, 0.15) is 18.2 Å². The Morgan fingerprint density at radius 3 is 2.64 bits per heavy atom. The minimum atomic E-state index is -2.93. The first-order valence-corrected chi connectivity index (χ1v) is 11.5. The van der Waals surface area contributed by atoms with Gasteiger partial charge in [0, 0.05) is 14.2 Å². The van der Waals surface area contributed by atoms with Crippen molar-refractivity contribution in [3.8, 4) is 0 Å². The maximum Gasteiger partial charge on any atom is 0.323 e. The number of aromatic nitrogens is 4. The van der Waals surface area contributed by atoms with Crippen LogP contribution in [0.15, 0.2) is 6.33 Å². The number of anilines is 2. The van der Waals surface area contributed by atoms with Crippen molar-refractivity contribution in [3.63, 3.8) is 0 Å². The Hall–Kier alpha value is -2.38. The molecule has 0 aliphatic rings. The minimum Gasteiger partial charge on any atom is -0.462 e. The highest BCUT2D eigenvalue weighted by molar-refractivity contribution is 7.36. The highest BCUT2D eigenvalue weighted by atomic mass is 31.1. The Bertz CT molecular complexity index is 989.